The molecule has 6 nitrogen and oxygen atoms in total. The Balaban J connectivity index is 1.45. The topological polar surface area (TPSA) is 59.3 Å². The summed E-state index contributed by atoms with van der Waals surface area (Å²) < 4.78 is 9.91. The minimum Gasteiger partial charge on any atom is -0.489 e. The predicted molar refractivity (Wildman–Crippen MR) is 87.0 cm³/mol. The third kappa shape index (κ3) is 3.51. The Morgan fingerprint density at radius 1 is 1.32 bits per heavy atom. The van der Waals surface area contributed by atoms with Gasteiger partial charge in [0.1, 0.15) is 31.3 Å². The predicted octanol–water partition coefficient (Wildman–Crippen LogP) is 0.383. The molecule has 22 heavy (non-hydrogen) atoms. The first-order valence-corrected chi connectivity index (χ1v) is 7.71. The molecule has 1 aliphatic rings. The molecule has 0 saturated carbocycles. The molecule has 1 aliphatic heterocycles. The molecule has 3 N–H and O–H groups in total. The van der Waals surface area contributed by atoms with E-state index in [9.17, 15) is 0 Å². The fraction of sp³-hybridized carbons (Fsp3) is 0.438. The zero-order valence-electron chi connectivity index (χ0n) is 13.0. The van der Waals surface area contributed by atoms with Crippen LogP contribution in [0.15, 0.2) is 36.9 Å². The molecule has 0 saturated heterocycles. The molecule has 0 radical (unpaired) electrons. The van der Waals surface area contributed by atoms with Crippen molar-refractivity contribution in [1.82, 2.24) is 9.88 Å². The number of hydrogen-bond acceptors (Lipinski definition) is 4. The second kappa shape index (κ2) is 6.70. The van der Waals surface area contributed by atoms with Crippen molar-refractivity contribution >= 4 is 11.4 Å². The van der Waals surface area contributed by atoms with E-state index in [1.54, 1.807) is 0 Å². The number of anilines is 2. The number of rotatable bonds is 6. The maximum absolute atomic E-state index is 5.81. The van der Waals surface area contributed by atoms with E-state index >= 15 is 0 Å². The van der Waals surface area contributed by atoms with Gasteiger partial charge in [-0.2, -0.15) is 0 Å². The molecule has 2 heterocycles. The molecule has 2 aromatic rings. The summed E-state index contributed by atoms with van der Waals surface area (Å²) in [6, 6.07) is 5.88. The first kappa shape index (κ1) is 14.7. The third-order valence-corrected chi connectivity index (χ3v) is 3.87. The monoisotopic (exact) mass is 302 g/mol. The van der Waals surface area contributed by atoms with Crippen LogP contribution < -0.4 is 25.3 Å². The standard InChI is InChI=1S/C16H24N5O/c1-19-8-9-20(13-19)6-4-18-5-7-21-10-11-22-16-12-14(17)2-3-15(16)21/h2-3,8-9,12-13,18H,4-7,10-11,17H2,1H3/q+1. The molecule has 3 rings (SSSR count). The molecular formula is C16H24N5O+. The van der Waals surface area contributed by atoms with Crippen molar-refractivity contribution in [1.29, 1.82) is 0 Å². The maximum Gasteiger partial charge on any atom is 0.243 e. The highest BCUT2D eigenvalue weighted by Gasteiger charge is 2.17. The Bertz CT molecular complexity index is 625. The number of imidazole rings is 1. The lowest BCUT2D eigenvalue weighted by atomic mass is 10.2. The quantitative estimate of drug-likeness (QED) is 0.460. The van der Waals surface area contributed by atoms with Crippen molar-refractivity contribution in [3.63, 3.8) is 0 Å². The van der Waals surface area contributed by atoms with Crippen molar-refractivity contribution in [2.24, 2.45) is 7.05 Å². The van der Waals surface area contributed by atoms with Crippen molar-refractivity contribution in [3.05, 3.63) is 36.9 Å². The fourth-order valence-electron chi connectivity index (χ4n) is 2.71. The number of ether oxygens (including phenoxy) is 1. The zero-order chi connectivity index (χ0) is 15.4. The largest absolute Gasteiger partial charge is 0.489 e. The van der Waals surface area contributed by atoms with E-state index in [0.717, 1.165) is 56.5 Å². The van der Waals surface area contributed by atoms with Gasteiger partial charge in [0.25, 0.3) is 0 Å². The highest BCUT2D eigenvalue weighted by atomic mass is 16.5. The number of hydrogen-bond donors (Lipinski definition) is 2. The van der Waals surface area contributed by atoms with E-state index in [-0.39, 0.29) is 0 Å². The third-order valence-electron chi connectivity index (χ3n) is 3.87. The Labute approximate surface area is 131 Å². The molecule has 0 fully saturated rings. The minimum atomic E-state index is 0.719. The fourth-order valence-corrected chi connectivity index (χ4v) is 2.71. The van der Waals surface area contributed by atoms with Crippen LogP contribution in [0.4, 0.5) is 11.4 Å². The van der Waals surface area contributed by atoms with Crippen molar-refractivity contribution < 1.29 is 9.30 Å². The van der Waals surface area contributed by atoms with Crippen LogP contribution in [0.2, 0.25) is 0 Å². The van der Waals surface area contributed by atoms with E-state index in [4.69, 9.17) is 10.5 Å². The van der Waals surface area contributed by atoms with Gasteiger partial charge in [0.05, 0.1) is 19.3 Å². The van der Waals surface area contributed by atoms with Crippen molar-refractivity contribution in [2.45, 2.75) is 6.54 Å². The lowest BCUT2D eigenvalue weighted by molar-refractivity contribution is -0.671. The molecule has 1 aromatic heterocycles. The number of fused-ring (bicyclic) bond motifs is 1. The van der Waals surface area contributed by atoms with Gasteiger partial charge in [0.15, 0.2) is 0 Å². The second-order valence-corrected chi connectivity index (χ2v) is 5.63. The lowest BCUT2D eigenvalue weighted by Gasteiger charge is -2.31. The van der Waals surface area contributed by atoms with Gasteiger partial charge >= 0.3 is 0 Å². The molecule has 1 aromatic carbocycles. The summed E-state index contributed by atoms with van der Waals surface area (Å²) in [4.78, 5) is 2.35. The van der Waals surface area contributed by atoms with Crippen LogP contribution in [-0.2, 0) is 13.6 Å². The van der Waals surface area contributed by atoms with Crippen LogP contribution in [0, 0.1) is 0 Å². The number of aromatic nitrogens is 2. The van der Waals surface area contributed by atoms with Gasteiger partial charge < -0.3 is 20.7 Å². The van der Waals surface area contributed by atoms with Gasteiger partial charge in [-0.25, -0.2) is 9.13 Å². The van der Waals surface area contributed by atoms with Gasteiger partial charge in [-0.15, -0.1) is 0 Å². The number of benzene rings is 1. The summed E-state index contributed by atoms with van der Waals surface area (Å²) in [5, 5.41) is 3.50. The van der Waals surface area contributed by atoms with Gasteiger partial charge in [-0.3, -0.25) is 0 Å². The number of aryl methyl sites for hydroxylation is 1. The van der Waals surface area contributed by atoms with Crippen LogP contribution in [-0.4, -0.2) is 37.4 Å². The van der Waals surface area contributed by atoms with Crippen LogP contribution >= 0.6 is 0 Å². The highest BCUT2D eigenvalue weighted by molar-refractivity contribution is 5.65. The van der Waals surface area contributed by atoms with Crippen LogP contribution in [0.5, 0.6) is 5.75 Å². The minimum absolute atomic E-state index is 0.719. The van der Waals surface area contributed by atoms with E-state index in [2.05, 4.69) is 38.1 Å². The summed E-state index contributed by atoms with van der Waals surface area (Å²) in [7, 11) is 2.03. The first-order chi connectivity index (χ1) is 10.7. The average Bonchev–Trinajstić information content (AvgIpc) is 2.92. The van der Waals surface area contributed by atoms with E-state index in [1.807, 2.05) is 25.2 Å². The normalized spacial score (nSPS) is 13.8. The Kier molecular flexibility index (Phi) is 4.48. The zero-order valence-corrected chi connectivity index (χ0v) is 13.0. The number of nitrogens with zero attached hydrogens (tertiary/aromatic N) is 3. The van der Waals surface area contributed by atoms with Crippen LogP contribution in [0.1, 0.15) is 0 Å². The Morgan fingerprint density at radius 3 is 3.00 bits per heavy atom. The summed E-state index contributed by atoms with van der Waals surface area (Å²) >= 11 is 0. The molecule has 118 valence electrons. The van der Waals surface area contributed by atoms with Gasteiger partial charge in [0.2, 0.25) is 6.33 Å². The molecule has 0 atom stereocenters. The summed E-state index contributed by atoms with van der Waals surface area (Å²) in [5.41, 5.74) is 7.70. The van der Waals surface area contributed by atoms with Crippen LogP contribution in [0.3, 0.4) is 0 Å². The van der Waals surface area contributed by atoms with Gasteiger partial charge in [0, 0.05) is 31.4 Å². The smallest absolute Gasteiger partial charge is 0.243 e. The average molecular weight is 302 g/mol. The molecule has 6 heteroatoms. The Morgan fingerprint density at radius 2 is 2.18 bits per heavy atom. The molecule has 0 aliphatic carbocycles. The highest BCUT2D eigenvalue weighted by Crippen LogP contribution is 2.32. The number of nitrogens with two attached hydrogens (primary N) is 1. The maximum atomic E-state index is 5.81. The summed E-state index contributed by atoms with van der Waals surface area (Å²) in [6.45, 7) is 5.52. The molecule has 0 unspecified atom stereocenters. The van der Waals surface area contributed by atoms with Crippen molar-refractivity contribution in [3.8, 4) is 5.75 Å². The molecule has 0 amide bonds. The second-order valence-electron chi connectivity index (χ2n) is 5.63. The molecule has 0 spiro atoms. The van der Waals surface area contributed by atoms with E-state index in [1.165, 1.54) is 0 Å². The SMILES string of the molecule is C[n+]1ccn(CCNCCN2CCOc3cc(N)ccc32)c1. The molecule has 0 bridgehead atoms. The van der Waals surface area contributed by atoms with Gasteiger partial charge in [-0.1, -0.05) is 0 Å². The van der Waals surface area contributed by atoms with Crippen LogP contribution in [0.25, 0.3) is 0 Å². The van der Waals surface area contributed by atoms with E-state index in [0.29, 0.717) is 0 Å². The number of nitrogen functional groups attached to an aromatic ring is 1. The summed E-state index contributed by atoms with van der Waals surface area (Å²) in [6.07, 6.45) is 6.23. The van der Waals surface area contributed by atoms with Gasteiger partial charge in [-0.05, 0) is 12.1 Å². The number of nitrogens with one attached hydrogen (secondary N) is 1. The summed E-state index contributed by atoms with van der Waals surface area (Å²) in [5.74, 6) is 0.895. The lowest BCUT2D eigenvalue weighted by Crippen LogP contribution is -2.38. The molecular weight excluding hydrogens is 278 g/mol. The van der Waals surface area contributed by atoms with Crippen molar-refractivity contribution in [2.75, 3.05) is 43.4 Å². The Hall–Kier alpha value is -2.21. The first-order valence-electron chi connectivity index (χ1n) is 7.71. The van der Waals surface area contributed by atoms with E-state index < -0.39 is 0 Å².